The second-order valence-electron chi connectivity index (χ2n) is 3.91. The summed E-state index contributed by atoms with van der Waals surface area (Å²) in [7, 11) is 0. The second-order valence-corrected chi connectivity index (χ2v) is 3.91. The van der Waals surface area contributed by atoms with Crippen LogP contribution in [0.25, 0.3) is 11.8 Å². The highest BCUT2D eigenvalue weighted by molar-refractivity contribution is 5.72. The molecule has 1 heteroatoms. The van der Waals surface area contributed by atoms with Gasteiger partial charge in [0.15, 0.2) is 0 Å². The molecule has 0 N–H and O–H groups in total. The Bertz CT molecular complexity index is 576. The van der Waals surface area contributed by atoms with E-state index in [2.05, 4.69) is 43.4 Å². The fraction of sp³-hybridized carbons (Fsp3) is 0.143. The molecule has 1 aromatic carbocycles. The molecule has 15 heavy (non-hydrogen) atoms. The molecule has 0 spiro atoms. The van der Waals surface area contributed by atoms with E-state index < -0.39 is 0 Å². The van der Waals surface area contributed by atoms with E-state index in [1.54, 1.807) is 0 Å². The first-order valence-electron chi connectivity index (χ1n) is 5.16. The lowest BCUT2D eigenvalue weighted by molar-refractivity contribution is 0.274. The molecule has 0 aromatic heterocycles. The third-order valence-electron chi connectivity index (χ3n) is 2.93. The van der Waals surface area contributed by atoms with Gasteiger partial charge in [-0.05, 0) is 23.8 Å². The van der Waals surface area contributed by atoms with Crippen molar-refractivity contribution in [2.45, 2.75) is 13.0 Å². The molecule has 1 heterocycles. The van der Waals surface area contributed by atoms with Crippen LogP contribution in [0.15, 0.2) is 48.1 Å². The van der Waals surface area contributed by atoms with Crippen LogP contribution in [-0.2, 0) is 4.74 Å². The number of benzene rings is 1. The number of rotatable bonds is 0. The van der Waals surface area contributed by atoms with Crippen LogP contribution in [0.2, 0.25) is 0 Å². The molecule has 1 unspecified atom stereocenters. The zero-order valence-electron chi connectivity index (χ0n) is 8.60. The van der Waals surface area contributed by atoms with Crippen LogP contribution < -0.4 is 10.4 Å². The van der Waals surface area contributed by atoms with Gasteiger partial charge in [0.25, 0.3) is 0 Å². The maximum atomic E-state index is 5.69. The Balaban J connectivity index is 2.42. The summed E-state index contributed by atoms with van der Waals surface area (Å²) in [5.41, 5.74) is 2.60. The Labute approximate surface area is 88.7 Å². The van der Waals surface area contributed by atoms with Gasteiger partial charge in [0.05, 0.1) is 6.26 Å². The Morgan fingerprint density at radius 2 is 2.07 bits per heavy atom. The third kappa shape index (κ3) is 1.23. The lowest BCUT2D eigenvalue weighted by Crippen LogP contribution is -2.36. The standard InChI is InChI=1S/C14H12O/c1-10-5-4-8-13-14(10)12-7-3-2-6-11(12)9-15-13/h2-9,13H,1H3. The van der Waals surface area contributed by atoms with Crippen LogP contribution in [-0.4, -0.2) is 6.10 Å². The molecule has 1 aliphatic carbocycles. The maximum absolute atomic E-state index is 5.69. The van der Waals surface area contributed by atoms with Crippen molar-refractivity contribution in [3.63, 3.8) is 0 Å². The van der Waals surface area contributed by atoms with Gasteiger partial charge in [-0.1, -0.05) is 36.4 Å². The topological polar surface area (TPSA) is 9.23 Å². The van der Waals surface area contributed by atoms with Gasteiger partial charge >= 0.3 is 0 Å². The van der Waals surface area contributed by atoms with E-state index in [4.69, 9.17) is 4.74 Å². The van der Waals surface area contributed by atoms with E-state index in [1.807, 2.05) is 12.3 Å². The molecule has 0 fully saturated rings. The third-order valence-corrected chi connectivity index (χ3v) is 2.93. The van der Waals surface area contributed by atoms with E-state index >= 15 is 0 Å². The highest BCUT2D eigenvalue weighted by atomic mass is 16.5. The second kappa shape index (κ2) is 3.13. The minimum Gasteiger partial charge on any atom is -0.489 e. The first-order chi connectivity index (χ1) is 7.36. The molecule has 0 bridgehead atoms. The van der Waals surface area contributed by atoms with E-state index in [1.165, 1.54) is 21.6 Å². The van der Waals surface area contributed by atoms with Crippen molar-refractivity contribution < 1.29 is 4.74 Å². The summed E-state index contributed by atoms with van der Waals surface area (Å²) in [6, 6.07) is 8.36. The lowest BCUT2D eigenvalue weighted by Gasteiger charge is -2.23. The minimum atomic E-state index is 0.102. The molecule has 1 nitrogen and oxygen atoms in total. The lowest BCUT2D eigenvalue weighted by atomic mass is 9.93. The SMILES string of the molecule is CC1=CC=CC2OC=c3ccccc3=C12. The number of hydrogen-bond acceptors (Lipinski definition) is 1. The van der Waals surface area contributed by atoms with Gasteiger partial charge in [0.2, 0.25) is 0 Å². The van der Waals surface area contributed by atoms with E-state index in [0.29, 0.717) is 0 Å². The zero-order valence-corrected chi connectivity index (χ0v) is 8.60. The average Bonchev–Trinajstić information content (AvgIpc) is 2.29. The Morgan fingerprint density at radius 3 is 3.00 bits per heavy atom. The maximum Gasteiger partial charge on any atom is 0.142 e. The van der Waals surface area contributed by atoms with Crippen LogP contribution >= 0.6 is 0 Å². The molecule has 74 valence electrons. The largest absolute Gasteiger partial charge is 0.489 e. The molecule has 1 atom stereocenters. The Hall–Kier alpha value is -1.76. The van der Waals surface area contributed by atoms with Crippen LogP contribution in [0.5, 0.6) is 0 Å². The van der Waals surface area contributed by atoms with Crippen molar-refractivity contribution in [2.75, 3.05) is 0 Å². The van der Waals surface area contributed by atoms with Gasteiger partial charge in [0, 0.05) is 10.8 Å². The van der Waals surface area contributed by atoms with Gasteiger partial charge in [-0.15, -0.1) is 0 Å². The van der Waals surface area contributed by atoms with E-state index in [-0.39, 0.29) is 6.10 Å². The number of allylic oxidation sites excluding steroid dienone is 2. The van der Waals surface area contributed by atoms with Gasteiger partial charge in [0.1, 0.15) is 6.10 Å². The minimum absolute atomic E-state index is 0.102. The van der Waals surface area contributed by atoms with Crippen molar-refractivity contribution in [2.24, 2.45) is 0 Å². The average molecular weight is 196 g/mol. The van der Waals surface area contributed by atoms with Crippen molar-refractivity contribution >= 4 is 11.8 Å². The fourth-order valence-corrected chi connectivity index (χ4v) is 2.18. The molecular weight excluding hydrogens is 184 g/mol. The van der Waals surface area contributed by atoms with Gasteiger partial charge in [-0.25, -0.2) is 0 Å². The molecular formula is C14H12O. The quantitative estimate of drug-likeness (QED) is 0.611. The molecule has 1 aliphatic heterocycles. The Kier molecular flexibility index (Phi) is 1.78. The molecule has 0 amide bonds. The van der Waals surface area contributed by atoms with Crippen molar-refractivity contribution in [1.29, 1.82) is 0 Å². The predicted molar refractivity (Wildman–Crippen MR) is 61.3 cm³/mol. The summed E-state index contributed by atoms with van der Waals surface area (Å²) in [5.74, 6) is 0. The summed E-state index contributed by atoms with van der Waals surface area (Å²) >= 11 is 0. The van der Waals surface area contributed by atoms with Gasteiger partial charge < -0.3 is 4.74 Å². The van der Waals surface area contributed by atoms with Crippen molar-refractivity contribution in [1.82, 2.24) is 0 Å². The highest BCUT2D eigenvalue weighted by Crippen LogP contribution is 2.23. The molecule has 0 radical (unpaired) electrons. The highest BCUT2D eigenvalue weighted by Gasteiger charge is 2.19. The van der Waals surface area contributed by atoms with Crippen LogP contribution in [0.3, 0.4) is 0 Å². The predicted octanol–water partition coefficient (Wildman–Crippen LogP) is 1.49. The van der Waals surface area contributed by atoms with Crippen LogP contribution in [0, 0.1) is 0 Å². The van der Waals surface area contributed by atoms with Crippen LogP contribution in [0.1, 0.15) is 6.92 Å². The molecule has 0 saturated carbocycles. The smallest absolute Gasteiger partial charge is 0.142 e. The Morgan fingerprint density at radius 1 is 1.20 bits per heavy atom. The van der Waals surface area contributed by atoms with Gasteiger partial charge in [-0.3, -0.25) is 0 Å². The number of fused-ring (bicyclic) bond motifs is 2. The first-order valence-corrected chi connectivity index (χ1v) is 5.16. The fourth-order valence-electron chi connectivity index (χ4n) is 2.18. The summed E-state index contributed by atoms with van der Waals surface area (Å²) in [6.07, 6.45) is 8.24. The summed E-state index contributed by atoms with van der Waals surface area (Å²) in [5, 5.41) is 2.47. The van der Waals surface area contributed by atoms with Crippen molar-refractivity contribution in [3.05, 3.63) is 58.5 Å². The molecule has 1 aromatic rings. The zero-order chi connectivity index (χ0) is 10.3. The van der Waals surface area contributed by atoms with Crippen molar-refractivity contribution in [3.8, 4) is 0 Å². The monoisotopic (exact) mass is 196 g/mol. The number of ether oxygens (including phenoxy) is 1. The summed E-state index contributed by atoms with van der Waals surface area (Å²) in [6.45, 7) is 2.14. The van der Waals surface area contributed by atoms with E-state index in [0.717, 1.165) is 0 Å². The summed E-state index contributed by atoms with van der Waals surface area (Å²) in [4.78, 5) is 0. The summed E-state index contributed by atoms with van der Waals surface area (Å²) < 4.78 is 5.69. The first kappa shape index (κ1) is 8.54. The molecule has 0 saturated heterocycles. The number of hydrogen-bond donors (Lipinski definition) is 0. The van der Waals surface area contributed by atoms with E-state index in [9.17, 15) is 0 Å². The molecule has 2 aliphatic rings. The van der Waals surface area contributed by atoms with Crippen LogP contribution in [0.4, 0.5) is 0 Å². The van der Waals surface area contributed by atoms with Gasteiger partial charge in [-0.2, -0.15) is 0 Å². The normalized spacial score (nSPS) is 22.1. The molecule has 3 rings (SSSR count).